The first-order valence-electron chi connectivity index (χ1n) is 8.02. The Morgan fingerprint density at radius 3 is 2.58 bits per heavy atom. The number of nitrogens with one attached hydrogen (secondary N) is 1. The van der Waals surface area contributed by atoms with Gasteiger partial charge in [0, 0.05) is 5.69 Å². The van der Waals surface area contributed by atoms with Crippen molar-refractivity contribution in [2.45, 2.75) is 47.1 Å². The molecular formula is C16H26N2O5S. The Hall–Kier alpha value is -1.83. The summed E-state index contributed by atoms with van der Waals surface area (Å²) in [6.45, 7) is 7.41. The van der Waals surface area contributed by atoms with Crippen molar-refractivity contribution in [3.63, 3.8) is 0 Å². The predicted molar refractivity (Wildman–Crippen MR) is 93.6 cm³/mol. The van der Waals surface area contributed by atoms with Gasteiger partial charge in [-0.05, 0) is 31.4 Å². The van der Waals surface area contributed by atoms with Crippen LogP contribution < -0.4 is 10.3 Å². The summed E-state index contributed by atoms with van der Waals surface area (Å²) in [5.41, 5.74) is -0.0667. The number of anilines is 1. The molecule has 0 saturated heterocycles. The normalized spacial score (nSPS) is 11.5. The first-order chi connectivity index (χ1) is 11.2. The van der Waals surface area contributed by atoms with E-state index < -0.39 is 21.6 Å². The van der Waals surface area contributed by atoms with E-state index in [9.17, 15) is 18.0 Å². The number of pyridine rings is 1. The van der Waals surface area contributed by atoms with E-state index in [4.69, 9.17) is 4.74 Å². The highest BCUT2D eigenvalue weighted by molar-refractivity contribution is 7.92. The number of ether oxygens (including phenoxy) is 1. The second kappa shape index (κ2) is 8.86. The van der Waals surface area contributed by atoms with Crippen molar-refractivity contribution in [3.05, 3.63) is 28.2 Å². The van der Waals surface area contributed by atoms with Crippen LogP contribution >= 0.6 is 0 Å². The molecule has 1 N–H and O–H groups in total. The molecule has 0 spiro atoms. The number of unbranched alkanes of at least 4 members (excludes halogenated alkanes) is 1. The van der Waals surface area contributed by atoms with Crippen LogP contribution in [-0.2, 0) is 26.1 Å². The minimum absolute atomic E-state index is 0.0484. The molecule has 7 nitrogen and oxygen atoms in total. The average molecular weight is 358 g/mol. The lowest BCUT2D eigenvalue weighted by atomic mass is 10.2. The topological polar surface area (TPSA) is 94.5 Å². The number of aromatic nitrogens is 1. The zero-order valence-electron chi connectivity index (χ0n) is 14.7. The van der Waals surface area contributed by atoms with E-state index in [1.807, 2.05) is 20.8 Å². The maximum absolute atomic E-state index is 12.4. The summed E-state index contributed by atoms with van der Waals surface area (Å²) < 4.78 is 32.5. The standard InChI is InChI=1S/C16H26N2O5S/c1-5-6-9-24(21,22)17-14-8-7-13(4)18(16(14)20)10-15(19)23-11-12(2)3/h7-8,12,17H,5-6,9-11H2,1-4H3. The monoisotopic (exact) mass is 358 g/mol. The van der Waals surface area contributed by atoms with Gasteiger partial charge in [0.25, 0.3) is 5.56 Å². The summed E-state index contributed by atoms with van der Waals surface area (Å²) in [7, 11) is -3.58. The third kappa shape index (κ3) is 6.35. The minimum Gasteiger partial charge on any atom is -0.464 e. The van der Waals surface area contributed by atoms with Crippen LogP contribution in [0.15, 0.2) is 16.9 Å². The van der Waals surface area contributed by atoms with E-state index in [-0.39, 0.29) is 30.5 Å². The maximum Gasteiger partial charge on any atom is 0.326 e. The van der Waals surface area contributed by atoms with Gasteiger partial charge in [-0.3, -0.25) is 18.9 Å². The Bertz CT molecular complexity index is 722. The summed E-state index contributed by atoms with van der Waals surface area (Å²) in [6, 6.07) is 3.01. The van der Waals surface area contributed by atoms with Crippen LogP contribution in [0, 0.1) is 12.8 Å². The Balaban J connectivity index is 2.96. The molecule has 1 aromatic rings. The minimum atomic E-state index is -3.58. The molecule has 1 rings (SSSR count). The molecule has 0 fully saturated rings. The molecule has 8 heteroatoms. The predicted octanol–water partition coefficient (Wildman–Crippen LogP) is 1.90. The largest absolute Gasteiger partial charge is 0.464 e. The van der Waals surface area contributed by atoms with Gasteiger partial charge in [-0.15, -0.1) is 0 Å². The molecule has 0 radical (unpaired) electrons. The summed E-state index contributed by atoms with van der Waals surface area (Å²) in [4.78, 5) is 24.3. The zero-order valence-corrected chi connectivity index (χ0v) is 15.5. The molecule has 0 aromatic carbocycles. The van der Waals surface area contributed by atoms with Crippen LogP contribution in [0.2, 0.25) is 0 Å². The Morgan fingerprint density at radius 2 is 2.00 bits per heavy atom. The lowest BCUT2D eigenvalue weighted by molar-refractivity contribution is -0.145. The molecule has 0 aliphatic heterocycles. The van der Waals surface area contributed by atoms with Crippen molar-refractivity contribution in [1.29, 1.82) is 0 Å². The number of nitrogens with zero attached hydrogens (tertiary/aromatic N) is 1. The second-order valence-electron chi connectivity index (χ2n) is 6.13. The van der Waals surface area contributed by atoms with Gasteiger partial charge in [0.1, 0.15) is 12.2 Å². The van der Waals surface area contributed by atoms with Crippen LogP contribution in [0.3, 0.4) is 0 Å². The molecule has 0 unspecified atom stereocenters. The summed E-state index contributed by atoms with van der Waals surface area (Å²) >= 11 is 0. The molecule has 0 saturated carbocycles. The molecular weight excluding hydrogens is 332 g/mol. The molecule has 1 aromatic heterocycles. The average Bonchev–Trinajstić information content (AvgIpc) is 2.50. The fourth-order valence-electron chi connectivity index (χ4n) is 1.93. The molecule has 0 aliphatic carbocycles. The first kappa shape index (κ1) is 20.2. The number of sulfonamides is 1. The third-order valence-corrected chi connectivity index (χ3v) is 4.65. The van der Waals surface area contributed by atoms with Crippen molar-refractivity contribution >= 4 is 21.7 Å². The number of rotatable bonds is 9. The second-order valence-corrected chi connectivity index (χ2v) is 7.97. The van der Waals surface area contributed by atoms with Crippen LogP contribution in [0.25, 0.3) is 0 Å². The lowest BCUT2D eigenvalue weighted by Crippen LogP contribution is -2.31. The van der Waals surface area contributed by atoms with Gasteiger partial charge >= 0.3 is 5.97 Å². The summed E-state index contributed by atoms with van der Waals surface area (Å²) in [5, 5.41) is 0. The van der Waals surface area contributed by atoms with Crippen molar-refractivity contribution in [2.24, 2.45) is 5.92 Å². The molecule has 24 heavy (non-hydrogen) atoms. The quantitative estimate of drug-likeness (QED) is 0.680. The van der Waals surface area contributed by atoms with Crippen molar-refractivity contribution in [1.82, 2.24) is 4.57 Å². The van der Waals surface area contributed by atoms with E-state index in [1.54, 1.807) is 13.0 Å². The van der Waals surface area contributed by atoms with Gasteiger partial charge in [-0.1, -0.05) is 27.2 Å². The van der Waals surface area contributed by atoms with Gasteiger partial charge in [-0.2, -0.15) is 0 Å². The number of hydrogen-bond donors (Lipinski definition) is 1. The Kier molecular flexibility index (Phi) is 7.47. The van der Waals surface area contributed by atoms with Crippen LogP contribution in [0.4, 0.5) is 5.69 Å². The van der Waals surface area contributed by atoms with E-state index in [0.29, 0.717) is 12.1 Å². The van der Waals surface area contributed by atoms with E-state index in [0.717, 1.165) is 6.42 Å². The molecule has 0 aliphatic rings. The highest BCUT2D eigenvalue weighted by atomic mass is 32.2. The molecule has 0 amide bonds. The van der Waals surface area contributed by atoms with Gasteiger partial charge in [0.05, 0.1) is 12.4 Å². The van der Waals surface area contributed by atoms with Crippen molar-refractivity contribution in [2.75, 3.05) is 17.1 Å². The Morgan fingerprint density at radius 1 is 1.33 bits per heavy atom. The summed E-state index contributed by atoms with van der Waals surface area (Å²) in [6.07, 6.45) is 1.25. The lowest BCUT2D eigenvalue weighted by Gasteiger charge is -2.13. The number of carbonyl (C=O) groups is 1. The van der Waals surface area contributed by atoms with Gasteiger partial charge in [0.15, 0.2) is 0 Å². The number of esters is 1. The molecule has 0 atom stereocenters. The van der Waals surface area contributed by atoms with Gasteiger partial charge < -0.3 is 4.74 Å². The SMILES string of the molecule is CCCCS(=O)(=O)Nc1ccc(C)n(CC(=O)OCC(C)C)c1=O. The molecule has 0 bridgehead atoms. The molecule has 1 heterocycles. The van der Waals surface area contributed by atoms with Crippen molar-refractivity contribution in [3.8, 4) is 0 Å². The number of hydrogen-bond acceptors (Lipinski definition) is 5. The molecule has 136 valence electrons. The fraction of sp³-hybridized carbons (Fsp3) is 0.625. The van der Waals surface area contributed by atoms with Crippen LogP contribution in [-0.4, -0.2) is 31.3 Å². The number of carbonyl (C=O) groups excluding carboxylic acids is 1. The van der Waals surface area contributed by atoms with Crippen molar-refractivity contribution < 1.29 is 17.9 Å². The van der Waals surface area contributed by atoms with E-state index >= 15 is 0 Å². The van der Waals surface area contributed by atoms with Gasteiger partial charge in [-0.25, -0.2) is 8.42 Å². The van der Waals surface area contributed by atoms with Crippen LogP contribution in [0.5, 0.6) is 0 Å². The first-order valence-corrected chi connectivity index (χ1v) is 9.68. The van der Waals surface area contributed by atoms with E-state index in [2.05, 4.69) is 4.72 Å². The third-order valence-electron chi connectivity index (χ3n) is 3.29. The smallest absolute Gasteiger partial charge is 0.326 e. The maximum atomic E-state index is 12.4. The highest BCUT2D eigenvalue weighted by Gasteiger charge is 2.16. The fourth-order valence-corrected chi connectivity index (χ4v) is 3.19. The number of aryl methyl sites for hydroxylation is 1. The summed E-state index contributed by atoms with van der Waals surface area (Å²) in [5.74, 6) is -0.379. The van der Waals surface area contributed by atoms with Crippen LogP contribution in [0.1, 0.15) is 39.3 Å². The zero-order chi connectivity index (χ0) is 18.3. The Labute approximate surface area is 143 Å². The van der Waals surface area contributed by atoms with Gasteiger partial charge in [0.2, 0.25) is 10.0 Å². The highest BCUT2D eigenvalue weighted by Crippen LogP contribution is 2.08. The van der Waals surface area contributed by atoms with E-state index in [1.165, 1.54) is 10.6 Å².